The van der Waals surface area contributed by atoms with Crippen LogP contribution < -0.4 is 9.39 Å². The minimum Gasteiger partial charge on any atom is -0.509 e. The predicted molar refractivity (Wildman–Crippen MR) is 43.9 cm³/mol. The Morgan fingerprint density at radius 2 is 1.71 bits per heavy atom. The molecule has 0 aliphatic heterocycles. The van der Waals surface area contributed by atoms with E-state index in [-0.39, 0.29) is 11.5 Å². The van der Waals surface area contributed by atoms with Crippen molar-refractivity contribution in [3.8, 4) is 11.5 Å². The molecule has 0 heterocycles. The van der Waals surface area contributed by atoms with E-state index in [1.807, 2.05) is 0 Å². The molecule has 76 valence electrons. The second-order valence-electron chi connectivity index (χ2n) is 2.27. The summed E-state index contributed by atoms with van der Waals surface area (Å²) in [7, 11) is -2.07. The van der Waals surface area contributed by atoms with Gasteiger partial charge >= 0.3 is 13.9 Å². The lowest BCUT2D eigenvalue weighted by Gasteiger charge is -2.10. The maximum Gasteiger partial charge on any atom is 0.707 e. The van der Waals surface area contributed by atoms with Gasteiger partial charge in [-0.25, -0.2) is 0 Å². The molecular formula is C7H7BF2O4. The van der Waals surface area contributed by atoms with E-state index >= 15 is 0 Å². The van der Waals surface area contributed by atoms with Gasteiger partial charge in [0.05, 0.1) is 0 Å². The Labute approximate surface area is 78.9 Å². The number of rotatable bonds is 4. The maximum absolute atomic E-state index is 11.8. The van der Waals surface area contributed by atoms with Crippen LogP contribution in [0.5, 0.6) is 11.5 Å². The summed E-state index contributed by atoms with van der Waals surface area (Å²) in [6.45, 7) is -2.99. The molecule has 0 spiro atoms. The fourth-order valence-electron chi connectivity index (χ4n) is 0.854. The summed E-state index contributed by atoms with van der Waals surface area (Å²) in [5.41, 5.74) is 0. The van der Waals surface area contributed by atoms with Crippen molar-refractivity contribution in [2.24, 2.45) is 0 Å². The highest BCUT2D eigenvalue weighted by Crippen LogP contribution is 2.27. The molecule has 0 atom stereocenters. The highest BCUT2D eigenvalue weighted by molar-refractivity contribution is 6.33. The molecule has 0 aromatic heterocycles. The van der Waals surface area contributed by atoms with Gasteiger partial charge in [-0.2, -0.15) is 8.78 Å². The fourth-order valence-corrected chi connectivity index (χ4v) is 0.854. The summed E-state index contributed by atoms with van der Waals surface area (Å²) >= 11 is 0. The highest BCUT2D eigenvalue weighted by Gasteiger charge is 2.16. The van der Waals surface area contributed by atoms with Gasteiger partial charge in [-0.15, -0.1) is 0 Å². The molecule has 0 bridgehead atoms. The maximum atomic E-state index is 11.8. The van der Waals surface area contributed by atoms with E-state index in [1.165, 1.54) is 24.3 Å². The molecular weight excluding hydrogens is 197 g/mol. The normalized spacial score (nSPS) is 10.1. The molecule has 0 radical (unpaired) electrons. The van der Waals surface area contributed by atoms with E-state index < -0.39 is 13.9 Å². The van der Waals surface area contributed by atoms with E-state index in [0.717, 1.165) is 0 Å². The summed E-state index contributed by atoms with van der Waals surface area (Å²) in [5.74, 6) is -0.418. The van der Waals surface area contributed by atoms with E-state index in [0.29, 0.717) is 0 Å². The molecule has 7 heteroatoms. The Bertz CT molecular complexity index is 266. The van der Waals surface area contributed by atoms with Crippen molar-refractivity contribution in [2.45, 2.75) is 6.61 Å². The summed E-state index contributed by atoms with van der Waals surface area (Å²) in [5, 5.41) is 16.9. The first kappa shape index (κ1) is 10.7. The van der Waals surface area contributed by atoms with Crippen LogP contribution in [0.4, 0.5) is 8.78 Å². The summed E-state index contributed by atoms with van der Waals surface area (Å²) in [4.78, 5) is 0. The number of benzene rings is 1. The van der Waals surface area contributed by atoms with Crippen molar-refractivity contribution in [1.82, 2.24) is 0 Å². The van der Waals surface area contributed by atoms with Crippen molar-refractivity contribution in [3.05, 3.63) is 24.3 Å². The molecule has 0 aliphatic rings. The number of alkyl halides is 2. The molecule has 2 N–H and O–H groups in total. The van der Waals surface area contributed by atoms with E-state index in [4.69, 9.17) is 10.0 Å². The predicted octanol–water partition coefficient (Wildman–Crippen LogP) is 0.636. The monoisotopic (exact) mass is 204 g/mol. The van der Waals surface area contributed by atoms with Gasteiger partial charge in [0.25, 0.3) is 0 Å². The van der Waals surface area contributed by atoms with Crippen LogP contribution in [0.25, 0.3) is 0 Å². The van der Waals surface area contributed by atoms with Gasteiger partial charge in [-0.3, -0.25) is 0 Å². The highest BCUT2D eigenvalue weighted by atomic mass is 19.3. The molecule has 0 fully saturated rings. The number of halogens is 2. The topological polar surface area (TPSA) is 58.9 Å². The van der Waals surface area contributed by atoms with Crippen molar-refractivity contribution in [2.75, 3.05) is 0 Å². The third-order valence-corrected chi connectivity index (χ3v) is 1.30. The van der Waals surface area contributed by atoms with Crippen molar-refractivity contribution >= 4 is 7.32 Å². The van der Waals surface area contributed by atoms with Gasteiger partial charge in [0.2, 0.25) is 0 Å². The first-order chi connectivity index (χ1) is 6.59. The number of para-hydroxylation sites is 2. The SMILES string of the molecule is OB(O)Oc1ccccc1OC(F)F. The van der Waals surface area contributed by atoms with Crippen LogP contribution in [-0.2, 0) is 0 Å². The largest absolute Gasteiger partial charge is 0.707 e. The molecule has 0 saturated carbocycles. The second kappa shape index (κ2) is 4.78. The van der Waals surface area contributed by atoms with Crippen molar-refractivity contribution < 1.29 is 28.2 Å². The van der Waals surface area contributed by atoms with Crippen LogP contribution in [0.2, 0.25) is 0 Å². The lowest BCUT2D eigenvalue weighted by atomic mass is 10.2. The average Bonchev–Trinajstić information content (AvgIpc) is 2.06. The van der Waals surface area contributed by atoms with Crippen LogP contribution in [0.3, 0.4) is 0 Å². The van der Waals surface area contributed by atoms with Crippen LogP contribution >= 0.6 is 0 Å². The number of hydrogen-bond acceptors (Lipinski definition) is 4. The lowest BCUT2D eigenvalue weighted by Crippen LogP contribution is -2.21. The van der Waals surface area contributed by atoms with Gasteiger partial charge in [0, 0.05) is 0 Å². The summed E-state index contributed by atoms with van der Waals surface area (Å²) < 4.78 is 32.1. The molecule has 14 heavy (non-hydrogen) atoms. The van der Waals surface area contributed by atoms with Crippen LogP contribution in [0.1, 0.15) is 0 Å². The summed E-state index contributed by atoms with van der Waals surface area (Å²) in [6.07, 6.45) is 0. The van der Waals surface area contributed by atoms with E-state index in [2.05, 4.69) is 9.39 Å². The quantitative estimate of drug-likeness (QED) is 0.706. The summed E-state index contributed by atoms with van der Waals surface area (Å²) in [6, 6.07) is 5.44. The van der Waals surface area contributed by atoms with Crippen molar-refractivity contribution in [1.29, 1.82) is 0 Å². The van der Waals surface area contributed by atoms with Crippen LogP contribution in [0.15, 0.2) is 24.3 Å². The third kappa shape index (κ3) is 3.19. The smallest absolute Gasteiger partial charge is 0.509 e. The first-order valence-electron chi connectivity index (χ1n) is 3.66. The zero-order chi connectivity index (χ0) is 10.6. The molecule has 1 aromatic rings. The number of hydrogen-bond donors (Lipinski definition) is 2. The zero-order valence-corrected chi connectivity index (χ0v) is 6.93. The lowest BCUT2D eigenvalue weighted by molar-refractivity contribution is -0.0510. The van der Waals surface area contributed by atoms with Crippen LogP contribution in [0, 0.1) is 0 Å². The molecule has 0 amide bonds. The molecule has 1 aromatic carbocycles. The molecule has 0 aliphatic carbocycles. The number of ether oxygens (including phenoxy) is 1. The Morgan fingerprint density at radius 3 is 2.21 bits per heavy atom. The van der Waals surface area contributed by atoms with E-state index in [1.54, 1.807) is 0 Å². The average molecular weight is 204 g/mol. The Hall–Kier alpha value is -1.34. The minimum absolute atomic E-state index is 0.164. The second-order valence-corrected chi connectivity index (χ2v) is 2.27. The standard InChI is InChI=1S/C7H7BF2O4/c9-7(10)13-5-3-1-2-4-6(5)14-8(11)12/h1-4,7,11-12H. The fraction of sp³-hybridized carbons (Fsp3) is 0.143. The van der Waals surface area contributed by atoms with Gasteiger partial charge in [-0.1, -0.05) is 12.1 Å². The molecule has 0 unspecified atom stereocenters. The first-order valence-corrected chi connectivity index (χ1v) is 3.66. The minimum atomic E-state index is -2.99. The zero-order valence-electron chi connectivity index (χ0n) is 6.93. The van der Waals surface area contributed by atoms with Gasteiger partial charge in [-0.05, 0) is 12.1 Å². The van der Waals surface area contributed by atoms with Gasteiger partial charge in [0.1, 0.15) is 5.75 Å². The van der Waals surface area contributed by atoms with Gasteiger partial charge < -0.3 is 19.4 Å². The van der Waals surface area contributed by atoms with Crippen molar-refractivity contribution in [3.63, 3.8) is 0 Å². The Kier molecular flexibility index (Phi) is 3.67. The van der Waals surface area contributed by atoms with E-state index in [9.17, 15) is 8.78 Å². The Morgan fingerprint density at radius 1 is 1.14 bits per heavy atom. The molecule has 4 nitrogen and oxygen atoms in total. The van der Waals surface area contributed by atoms with Crippen LogP contribution in [-0.4, -0.2) is 24.0 Å². The molecule has 0 saturated heterocycles. The third-order valence-electron chi connectivity index (χ3n) is 1.30. The molecule has 1 rings (SSSR count). The Balaban J connectivity index is 2.80. The van der Waals surface area contributed by atoms with Gasteiger partial charge in [0.15, 0.2) is 5.75 Å².